The standard InChI is InChI=1S/C15H16FN3O/c1-19(10-12-5-2-3-8-14(12)16)13-7-4-6-11(9-13)15(17)18-20/h2-9,20H,10H2,1H3,(H2,17,18). The molecule has 4 nitrogen and oxygen atoms in total. The van der Waals surface area contributed by atoms with Crippen LogP contribution in [-0.4, -0.2) is 18.1 Å². The molecule has 0 heterocycles. The van der Waals surface area contributed by atoms with Gasteiger partial charge in [-0.1, -0.05) is 35.5 Å². The third-order valence-corrected chi connectivity index (χ3v) is 3.06. The molecule has 0 bridgehead atoms. The Bertz CT molecular complexity index is 628. The second-order valence-corrected chi connectivity index (χ2v) is 4.48. The van der Waals surface area contributed by atoms with Crippen molar-refractivity contribution in [1.82, 2.24) is 0 Å². The molecule has 0 aliphatic heterocycles. The largest absolute Gasteiger partial charge is 0.409 e. The number of halogens is 1. The normalized spacial score (nSPS) is 11.4. The number of anilines is 1. The Morgan fingerprint density at radius 2 is 2.00 bits per heavy atom. The first-order valence-corrected chi connectivity index (χ1v) is 6.14. The first-order chi connectivity index (χ1) is 9.61. The van der Waals surface area contributed by atoms with Crippen molar-refractivity contribution >= 4 is 11.5 Å². The second-order valence-electron chi connectivity index (χ2n) is 4.48. The zero-order valence-corrected chi connectivity index (χ0v) is 11.1. The number of nitrogens with two attached hydrogens (primary N) is 1. The van der Waals surface area contributed by atoms with Crippen LogP contribution in [0.2, 0.25) is 0 Å². The fourth-order valence-electron chi connectivity index (χ4n) is 1.93. The Kier molecular flexibility index (Phi) is 4.20. The molecule has 0 spiro atoms. The maximum atomic E-state index is 13.6. The van der Waals surface area contributed by atoms with Crippen molar-refractivity contribution < 1.29 is 9.60 Å². The summed E-state index contributed by atoms with van der Waals surface area (Å²) >= 11 is 0. The molecule has 0 aliphatic rings. The number of nitrogens with zero attached hydrogens (tertiary/aromatic N) is 2. The van der Waals surface area contributed by atoms with Crippen molar-refractivity contribution in [2.24, 2.45) is 10.9 Å². The SMILES string of the molecule is CN(Cc1ccccc1F)c1cccc(C(N)=NO)c1. The molecule has 2 aromatic rings. The van der Waals surface area contributed by atoms with Crippen molar-refractivity contribution in [3.8, 4) is 0 Å². The smallest absolute Gasteiger partial charge is 0.170 e. The van der Waals surface area contributed by atoms with E-state index in [1.54, 1.807) is 36.4 Å². The van der Waals surface area contributed by atoms with E-state index in [4.69, 9.17) is 10.9 Å². The summed E-state index contributed by atoms with van der Waals surface area (Å²) in [5, 5.41) is 11.7. The van der Waals surface area contributed by atoms with Crippen LogP contribution in [0.4, 0.5) is 10.1 Å². The highest BCUT2D eigenvalue weighted by atomic mass is 19.1. The van der Waals surface area contributed by atoms with Crippen LogP contribution < -0.4 is 10.6 Å². The summed E-state index contributed by atoms with van der Waals surface area (Å²) in [6.07, 6.45) is 0. The number of rotatable bonds is 4. The summed E-state index contributed by atoms with van der Waals surface area (Å²) < 4.78 is 13.6. The Hall–Kier alpha value is -2.56. The Balaban J connectivity index is 2.21. The molecular weight excluding hydrogens is 257 g/mol. The van der Waals surface area contributed by atoms with E-state index in [0.29, 0.717) is 17.7 Å². The van der Waals surface area contributed by atoms with E-state index in [1.807, 2.05) is 18.0 Å². The Morgan fingerprint density at radius 1 is 1.25 bits per heavy atom. The third-order valence-electron chi connectivity index (χ3n) is 3.06. The van der Waals surface area contributed by atoms with Crippen LogP contribution in [0, 0.1) is 5.82 Å². The molecule has 0 amide bonds. The zero-order chi connectivity index (χ0) is 14.5. The highest BCUT2D eigenvalue weighted by Crippen LogP contribution is 2.18. The van der Waals surface area contributed by atoms with Gasteiger partial charge in [0.1, 0.15) is 5.82 Å². The monoisotopic (exact) mass is 273 g/mol. The number of hydrogen-bond donors (Lipinski definition) is 2. The summed E-state index contributed by atoms with van der Waals surface area (Å²) in [6.45, 7) is 0.437. The molecule has 2 aromatic carbocycles. The zero-order valence-electron chi connectivity index (χ0n) is 11.1. The van der Waals surface area contributed by atoms with Crippen molar-refractivity contribution in [3.05, 3.63) is 65.5 Å². The van der Waals surface area contributed by atoms with Gasteiger partial charge in [0.25, 0.3) is 0 Å². The summed E-state index contributed by atoms with van der Waals surface area (Å²) in [5.41, 5.74) is 7.65. The van der Waals surface area contributed by atoms with Crippen LogP contribution in [0.1, 0.15) is 11.1 Å². The minimum Gasteiger partial charge on any atom is -0.409 e. The van der Waals surface area contributed by atoms with Crippen molar-refractivity contribution in [2.75, 3.05) is 11.9 Å². The van der Waals surface area contributed by atoms with Crippen molar-refractivity contribution in [3.63, 3.8) is 0 Å². The van der Waals surface area contributed by atoms with E-state index >= 15 is 0 Å². The van der Waals surface area contributed by atoms with E-state index in [1.165, 1.54) is 6.07 Å². The average Bonchev–Trinajstić information content (AvgIpc) is 2.49. The van der Waals surface area contributed by atoms with Crippen LogP contribution in [0.5, 0.6) is 0 Å². The second kappa shape index (κ2) is 6.06. The number of amidine groups is 1. The Morgan fingerprint density at radius 3 is 2.70 bits per heavy atom. The molecule has 3 N–H and O–H groups in total. The fourth-order valence-corrected chi connectivity index (χ4v) is 1.93. The molecule has 0 radical (unpaired) electrons. The van der Waals surface area contributed by atoms with E-state index < -0.39 is 0 Å². The molecule has 0 fully saturated rings. The van der Waals surface area contributed by atoms with Crippen molar-refractivity contribution in [2.45, 2.75) is 6.54 Å². The van der Waals surface area contributed by atoms with Crippen LogP contribution >= 0.6 is 0 Å². The third kappa shape index (κ3) is 3.06. The minimum absolute atomic E-state index is 0.0474. The lowest BCUT2D eigenvalue weighted by molar-refractivity contribution is 0.318. The quantitative estimate of drug-likeness (QED) is 0.389. The van der Waals surface area contributed by atoms with Gasteiger partial charge in [0.05, 0.1) is 0 Å². The molecule has 0 atom stereocenters. The van der Waals surface area contributed by atoms with E-state index in [-0.39, 0.29) is 11.7 Å². The maximum absolute atomic E-state index is 13.6. The molecule has 0 saturated heterocycles. The number of hydrogen-bond acceptors (Lipinski definition) is 3. The molecule has 104 valence electrons. The van der Waals surface area contributed by atoms with Gasteiger partial charge in [-0.3, -0.25) is 0 Å². The van der Waals surface area contributed by atoms with Gasteiger partial charge in [-0.2, -0.15) is 0 Å². The summed E-state index contributed by atoms with van der Waals surface area (Å²) in [7, 11) is 1.86. The van der Waals surface area contributed by atoms with Crippen LogP contribution in [0.25, 0.3) is 0 Å². The van der Waals surface area contributed by atoms with Gasteiger partial charge in [-0.15, -0.1) is 0 Å². The topological polar surface area (TPSA) is 61.8 Å². The Labute approximate surface area is 116 Å². The molecule has 20 heavy (non-hydrogen) atoms. The average molecular weight is 273 g/mol. The van der Waals surface area contributed by atoms with Gasteiger partial charge in [0.2, 0.25) is 0 Å². The first-order valence-electron chi connectivity index (χ1n) is 6.14. The molecule has 0 saturated carbocycles. The molecular formula is C15H16FN3O. The summed E-state index contributed by atoms with van der Waals surface area (Å²) in [6, 6.07) is 13.9. The van der Waals surface area contributed by atoms with Gasteiger partial charge < -0.3 is 15.8 Å². The lowest BCUT2D eigenvalue weighted by Gasteiger charge is -2.20. The minimum atomic E-state index is -0.230. The molecule has 0 aliphatic carbocycles. The maximum Gasteiger partial charge on any atom is 0.170 e. The molecule has 5 heteroatoms. The lowest BCUT2D eigenvalue weighted by Crippen LogP contribution is -2.19. The van der Waals surface area contributed by atoms with Gasteiger partial charge >= 0.3 is 0 Å². The van der Waals surface area contributed by atoms with Crippen LogP contribution in [0.15, 0.2) is 53.7 Å². The van der Waals surface area contributed by atoms with Crippen LogP contribution in [0.3, 0.4) is 0 Å². The predicted octanol–water partition coefficient (Wildman–Crippen LogP) is 2.56. The van der Waals surface area contributed by atoms with Gasteiger partial charge in [-0.25, -0.2) is 4.39 Å². The molecule has 2 rings (SSSR count). The van der Waals surface area contributed by atoms with Crippen LogP contribution in [-0.2, 0) is 6.54 Å². The predicted molar refractivity (Wildman–Crippen MR) is 77.5 cm³/mol. The number of benzene rings is 2. The highest BCUT2D eigenvalue weighted by Gasteiger charge is 2.07. The van der Waals surface area contributed by atoms with Crippen molar-refractivity contribution in [1.29, 1.82) is 0 Å². The van der Waals surface area contributed by atoms with E-state index in [0.717, 1.165) is 5.69 Å². The first kappa shape index (κ1) is 13.9. The van der Waals surface area contributed by atoms with Gasteiger partial charge in [-0.05, 0) is 18.2 Å². The fraction of sp³-hybridized carbons (Fsp3) is 0.133. The molecule has 0 unspecified atom stereocenters. The highest BCUT2D eigenvalue weighted by molar-refractivity contribution is 5.97. The lowest BCUT2D eigenvalue weighted by atomic mass is 10.1. The van der Waals surface area contributed by atoms with Gasteiger partial charge in [0.15, 0.2) is 5.84 Å². The number of oxime groups is 1. The van der Waals surface area contributed by atoms with E-state index in [9.17, 15) is 4.39 Å². The van der Waals surface area contributed by atoms with E-state index in [2.05, 4.69) is 5.16 Å². The summed E-state index contributed by atoms with van der Waals surface area (Å²) in [5.74, 6) is -0.182. The summed E-state index contributed by atoms with van der Waals surface area (Å²) in [4.78, 5) is 1.90. The van der Waals surface area contributed by atoms with Gasteiger partial charge in [0, 0.05) is 30.4 Å². The molecule has 0 aromatic heterocycles.